The van der Waals surface area contributed by atoms with E-state index in [-0.39, 0.29) is 43.1 Å². The SMILES string of the molecule is Br.OCc1ccccc1.[CH2-]C=O.[Zn]. The Morgan fingerprint density at radius 1 is 1.31 bits per heavy atom. The van der Waals surface area contributed by atoms with Crippen LogP contribution in [0.25, 0.3) is 0 Å². The topological polar surface area (TPSA) is 37.3 Å². The molecule has 0 saturated heterocycles. The molecule has 0 heterocycles. The average Bonchev–Trinajstić information content (AvgIpc) is 2.08. The van der Waals surface area contributed by atoms with Crippen LogP contribution in [0.3, 0.4) is 0 Å². The Hall–Kier alpha value is -0.177. The fraction of sp³-hybridized carbons (Fsp3) is 0.111. The first-order chi connectivity index (χ1) is 5.35. The summed E-state index contributed by atoms with van der Waals surface area (Å²) in [4.78, 5) is 8.69. The average molecular weight is 297 g/mol. The van der Waals surface area contributed by atoms with Gasteiger partial charge in [0.2, 0.25) is 0 Å². The van der Waals surface area contributed by atoms with Gasteiger partial charge in [-0.05, 0) is 11.8 Å². The maximum atomic E-state index is 8.69. The molecule has 0 aliphatic heterocycles. The van der Waals surface area contributed by atoms with Crippen molar-refractivity contribution in [3.63, 3.8) is 0 Å². The normalized spacial score (nSPS) is 6.54. The van der Waals surface area contributed by atoms with Gasteiger partial charge >= 0.3 is 0 Å². The third kappa shape index (κ3) is 11.8. The summed E-state index contributed by atoms with van der Waals surface area (Å²) in [5.41, 5.74) is 0.965. The molecule has 1 rings (SSSR count). The minimum absolute atomic E-state index is 0. The van der Waals surface area contributed by atoms with Crippen LogP contribution in [-0.4, -0.2) is 11.4 Å². The summed E-state index contributed by atoms with van der Waals surface area (Å²) >= 11 is 0. The number of aliphatic hydroxyl groups is 1. The minimum atomic E-state index is 0. The van der Waals surface area contributed by atoms with Gasteiger partial charge in [-0.1, -0.05) is 30.3 Å². The van der Waals surface area contributed by atoms with Gasteiger partial charge in [0.1, 0.15) is 0 Å². The Morgan fingerprint density at radius 2 is 1.69 bits per heavy atom. The van der Waals surface area contributed by atoms with Crippen molar-refractivity contribution in [2.45, 2.75) is 6.61 Å². The number of aliphatic hydroxyl groups excluding tert-OH is 1. The molecular formula is C9H12BrO2Zn-. The molecule has 4 heteroatoms. The second kappa shape index (κ2) is 14.4. The molecule has 1 N–H and O–H groups in total. The molecule has 1 aromatic carbocycles. The molecule has 70 valence electrons. The zero-order valence-corrected chi connectivity index (χ0v) is 12.0. The van der Waals surface area contributed by atoms with Crippen molar-refractivity contribution in [2.24, 2.45) is 0 Å². The van der Waals surface area contributed by atoms with E-state index in [9.17, 15) is 0 Å². The molecule has 0 saturated carbocycles. The van der Waals surface area contributed by atoms with Crippen molar-refractivity contribution >= 4 is 23.3 Å². The van der Waals surface area contributed by atoms with E-state index in [1.54, 1.807) is 0 Å². The van der Waals surface area contributed by atoms with Crippen LogP contribution in [0.5, 0.6) is 0 Å². The minimum Gasteiger partial charge on any atom is -0.392 e. The molecule has 0 spiro atoms. The molecule has 0 atom stereocenters. The van der Waals surface area contributed by atoms with E-state index in [0.29, 0.717) is 6.29 Å². The Morgan fingerprint density at radius 3 is 1.92 bits per heavy atom. The van der Waals surface area contributed by atoms with E-state index in [1.807, 2.05) is 30.3 Å². The van der Waals surface area contributed by atoms with Crippen molar-refractivity contribution in [3.05, 3.63) is 42.8 Å². The first-order valence-electron chi connectivity index (χ1n) is 3.22. The molecule has 0 radical (unpaired) electrons. The fourth-order valence-electron chi connectivity index (χ4n) is 0.583. The summed E-state index contributed by atoms with van der Waals surface area (Å²) in [5.74, 6) is 0. The molecule has 0 fully saturated rings. The van der Waals surface area contributed by atoms with Crippen molar-refractivity contribution in [1.82, 2.24) is 0 Å². The maximum Gasteiger partial charge on any atom is 0.0681 e. The van der Waals surface area contributed by atoms with Gasteiger partial charge in [0.25, 0.3) is 0 Å². The summed E-state index contributed by atoms with van der Waals surface area (Å²) in [6.45, 7) is 2.95. The van der Waals surface area contributed by atoms with Crippen LogP contribution in [-0.2, 0) is 30.9 Å². The Bertz CT molecular complexity index is 192. The van der Waals surface area contributed by atoms with E-state index in [0.717, 1.165) is 5.56 Å². The first-order valence-corrected chi connectivity index (χ1v) is 3.22. The van der Waals surface area contributed by atoms with Gasteiger partial charge in [-0.2, -0.15) is 0 Å². The number of rotatable bonds is 1. The van der Waals surface area contributed by atoms with E-state index in [2.05, 4.69) is 6.92 Å². The monoisotopic (exact) mass is 295 g/mol. The molecule has 0 aromatic heterocycles. The van der Waals surface area contributed by atoms with Gasteiger partial charge in [0, 0.05) is 19.5 Å². The van der Waals surface area contributed by atoms with Crippen LogP contribution < -0.4 is 0 Å². The molecule has 13 heavy (non-hydrogen) atoms. The molecule has 0 bridgehead atoms. The van der Waals surface area contributed by atoms with E-state index >= 15 is 0 Å². The molecule has 0 unspecified atom stereocenters. The molecule has 0 amide bonds. The summed E-state index contributed by atoms with van der Waals surface area (Å²) in [7, 11) is 0. The second-order valence-electron chi connectivity index (χ2n) is 1.81. The summed E-state index contributed by atoms with van der Waals surface area (Å²) < 4.78 is 0. The van der Waals surface area contributed by atoms with E-state index < -0.39 is 0 Å². The molecular weight excluding hydrogens is 285 g/mol. The fourth-order valence-corrected chi connectivity index (χ4v) is 0.583. The van der Waals surface area contributed by atoms with E-state index in [1.165, 1.54) is 0 Å². The third-order valence-corrected chi connectivity index (χ3v) is 1.03. The zero-order valence-electron chi connectivity index (χ0n) is 7.35. The first kappa shape index (κ1) is 18.6. The predicted molar refractivity (Wildman–Crippen MR) is 54.1 cm³/mol. The summed E-state index contributed by atoms with van der Waals surface area (Å²) in [6, 6.07) is 9.52. The number of aldehydes is 1. The number of carbonyl (C=O) groups is 1. The van der Waals surface area contributed by atoms with E-state index in [4.69, 9.17) is 9.90 Å². The molecule has 2 nitrogen and oxygen atoms in total. The summed E-state index contributed by atoms with van der Waals surface area (Å²) in [5, 5.41) is 8.54. The van der Waals surface area contributed by atoms with Crippen LogP contribution in [0.4, 0.5) is 0 Å². The Labute approximate surface area is 102 Å². The van der Waals surface area contributed by atoms with Gasteiger partial charge in [0.15, 0.2) is 0 Å². The van der Waals surface area contributed by atoms with Crippen molar-refractivity contribution in [3.8, 4) is 0 Å². The van der Waals surface area contributed by atoms with Crippen LogP contribution in [0.2, 0.25) is 0 Å². The van der Waals surface area contributed by atoms with Gasteiger partial charge in [-0.25, -0.2) is 0 Å². The van der Waals surface area contributed by atoms with Gasteiger partial charge in [0.05, 0.1) is 6.61 Å². The van der Waals surface area contributed by atoms with Crippen LogP contribution in [0.1, 0.15) is 5.56 Å². The van der Waals surface area contributed by atoms with Gasteiger partial charge in [-0.3, -0.25) is 0 Å². The van der Waals surface area contributed by atoms with Gasteiger partial charge < -0.3 is 16.8 Å². The number of carbonyl (C=O) groups excluding carboxylic acids is 1. The van der Waals surface area contributed by atoms with Gasteiger partial charge in [-0.15, -0.1) is 17.0 Å². The predicted octanol–water partition coefficient (Wildman–Crippen LogP) is 1.77. The van der Waals surface area contributed by atoms with Crippen LogP contribution >= 0.6 is 17.0 Å². The van der Waals surface area contributed by atoms with Crippen molar-refractivity contribution < 1.29 is 29.4 Å². The molecule has 0 aliphatic rings. The number of hydrogen-bond donors (Lipinski definition) is 1. The number of hydrogen-bond acceptors (Lipinski definition) is 2. The standard InChI is InChI=1S/C7H8O.C2H3O.BrH.Zn/c8-6-7-4-2-1-3-5-7;1-2-3;;/h1-5,8H,6H2;2H,1H2;1H;/q;-1;;. The zero-order chi connectivity index (χ0) is 8.53. The smallest absolute Gasteiger partial charge is 0.0681 e. The molecule has 1 aromatic rings. The quantitative estimate of drug-likeness (QED) is 0.487. The number of halogens is 1. The Kier molecular flexibility index (Phi) is 20.5. The van der Waals surface area contributed by atoms with Crippen molar-refractivity contribution in [1.29, 1.82) is 0 Å². The molecule has 0 aliphatic carbocycles. The second-order valence-corrected chi connectivity index (χ2v) is 1.81. The van der Waals surface area contributed by atoms with Crippen LogP contribution in [0, 0.1) is 6.92 Å². The third-order valence-electron chi connectivity index (χ3n) is 1.03. The van der Waals surface area contributed by atoms with Crippen molar-refractivity contribution in [2.75, 3.05) is 0 Å². The Balaban J connectivity index is -0.000000180. The summed E-state index contributed by atoms with van der Waals surface area (Å²) in [6.07, 6.45) is 0.500. The number of benzene rings is 1. The maximum absolute atomic E-state index is 8.69. The largest absolute Gasteiger partial charge is 0.392 e. The van der Waals surface area contributed by atoms with Crippen LogP contribution in [0.15, 0.2) is 30.3 Å².